The van der Waals surface area contributed by atoms with E-state index in [0.29, 0.717) is 10.6 Å². The molecule has 9 nitrogen and oxygen atoms in total. The normalized spacial score (nSPS) is 11.2. The van der Waals surface area contributed by atoms with Gasteiger partial charge in [0.15, 0.2) is 23.2 Å². The highest BCUT2D eigenvalue weighted by Gasteiger charge is 2.24. The van der Waals surface area contributed by atoms with Gasteiger partial charge in [0.25, 0.3) is 0 Å². The van der Waals surface area contributed by atoms with E-state index < -0.39 is 29.7 Å². The Morgan fingerprint density at radius 1 is 1.39 bits per heavy atom. The molecule has 3 rings (SSSR count). The van der Waals surface area contributed by atoms with Gasteiger partial charge >= 0.3 is 5.69 Å². The number of hydrogen-bond acceptors (Lipinski definition) is 7. The second-order valence-electron chi connectivity index (χ2n) is 6.89. The molecule has 0 atom stereocenters. The number of halogens is 2. The summed E-state index contributed by atoms with van der Waals surface area (Å²) in [4.78, 5) is 33.5. The molecular weight excluding hydrogens is 429 g/mol. The Balaban J connectivity index is 2.10. The molecule has 3 heterocycles. The van der Waals surface area contributed by atoms with Gasteiger partial charge in [0.2, 0.25) is 5.88 Å². The van der Waals surface area contributed by atoms with Crippen molar-refractivity contribution in [2.75, 3.05) is 0 Å². The highest BCUT2D eigenvalue weighted by atomic mass is 35.5. The van der Waals surface area contributed by atoms with E-state index in [1.165, 1.54) is 17.0 Å². The number of ether oxygens (including phenoxy) is 1. The zero-order valence-corrected chi connectivity index (χ0v) is 17.9. The fourth-order valence-corrected chi connectivity index (χ4v) is 3.11. The van der Waals surface area contributed by atoms with Crippen molar-refractivity contribution >= 4 is 17.4 Å². The number of Topliss-reactive ketones (excluding diaryl/α,β-unsaturated/α-hetero) is 1. The van der Waals surface area contributed by atoms with Crippen LogP contribution >= 0.6 is 11.6 Å². The van der Waals surface area contributed by atoms with Crippen LogP contribution in [0.3, 0.4) is 0 Å². The summed E-state index contributed by atoms with van der Waals surface area (Å²) in [5.74, 6) is -1.93. The summed E-state index contributed by atoms with van der Waals surface area (Å²) in [6, 6.07) is 2.51. The first-order valence-corrected chi connectivity index (χ1v) is 9.93. The van der Waals surface area contributed by atoms with Crippen LogP contribution in [-0.2, 0) is 19.6 Å². The second-order valence-corrected chi connectivity index (χ2v) is 7.30. The monoisotopic (exact) mass is 449 g/mol. The van der Waals surface area contributed by atoms with Crippen LogP contribution in [0.2, 0.25) is 5.02 Å². The number of ketones is 1. The second kappa shape index (κ2) is 9.36. The smallest absolute Gasteiger partial charge is 0.352 e. The lowest BCUT2D eigenvalue weighted by atomic mass is 10.0. The molecule has 0 aliphatic rings. The molecule has 0 bridgehead atoms. The topological polar surface area (TPSA) is 112 Å². The van der Waals surface area contributed by atoms with Gasteiger partial charge in [0.1, 0.15) is 6.61 Å². The molecule has 0 radical (unpaired) electrons. The number of aliphatic hydroxyl groups excluding tert-OH is 1. The molecule has 3 aromatic heterocycles. The summed E-state index contributed by atoms with van der Waals surface area (Å²) < 4.78 is 22.5. The third kappa shape index (κ3) is 4.64. The van der Waals surface area contributed by atoms with Crippen molar-refractivity contribution < 1.29 is 19.0 Å². The number of carbonyl (C=O) groups is 1. The summed E-state index contributed by atoms with van der Waals surface area (Å²) in [6.45, 7) is 4.86. The Hall–Kier alpha value is -3.11. The van der Waals surface area contributed by atoms with Gasteiger partial charge in [0.05, 0.1) is 11.7 Å². The first kappa shape index (κ1) is 22.6. The van der Waals surface area contributed by atoms with E-state index in [1.54, 1.807) is 26.8 Å². The maximum atomic E-state index is 15.0. The fourth-order valence-electron chi connectivity index (χ4n) is 2.94. The summed E-state index contributed by atoms with van der Waals surface area (Å²) in [7, 11) is 0. The van der Waals surface area contributed by atoms with Crippen molar-refractivity contribution in [2.24, 2.45) is 0 Å². The van der Waals surface area contributed by atoms with E-state index >= 15 is 0 Å². The molecule has 0 aliphatic heterocycles. The zero-order valence-electron chi connectivity index (χ0n) is 17.2. The highest BCUT2D eigenvalue weighted by molar-refractivity contribution is 6.31. The predicted octanol–water partition coefficient (Wildman–Crippen LogP) is 2.34. The summed E-state index contributed by atoms with van der Waals surface area (Å²) in [5, 5.41) is 13.7. The summed E-state index contributed by atoms with van der Waals surface area (Å²) >= 11 is 6.10. The number of pyridine rings is 2. The minimum absolute atomic E-state index is 0.0615. The highest BCUT2D eigenvalue weighted by Crippen LogP contribution is 2.25. The lowest BCUT2D eigenvalue weighted by Crippen LogP contribution is -2.26. The Labute approximate surface area is 182 Å². The van der Waals surface area contributed by atoms with Crippen molar-refractivity contribution in [1.29, 1.82) is 0 Å². The molecule has 0 unspecified atom stereocenters. The van der Waals surface area contributed by atoms with Gasteiger partial charge < -0.3 is 9.84 Å². The predicted molar refractivity (Wildman–Crippen MR) is 110 cm³/mol. The van der Waals surface area contributed by atoms with Crippen molar-refractivity contribution in [3.8, 4) is 11.7 Å². The van der Waals surface area contributed by atoms with Gasteiger partial charge in [-0.15, -0.1) is 5.10 Å². The van der Waals surface area contributed by atoms with Crippen LogP contribution in [-0.4, -0.2) is 41.3 Å². The van der Waals surface area contributed by atoms with Gasteiger partial charge in [-0.2, -0.15) is 9.67 Å². The molecule has 11 heteroatoms. The molecule has 0 spiro atoms. The largest absolute Gasteiger partial charge is 0.474 e. The minimum Gasteiger partial charge on any atom is -0.474 e. The molecule has 164 valence electrons. The molecule has 3 aromatic rings. The van der Waals surface area contributed by atoms with Crippen LogP contribution in [0.4, 0.5) is 4.39 Å². The number of aromatic nitrogens is 5. The molecule has 0 aromatic carbocycles. The van der Waals surface area contributed by atoms with Crippen molar-refractivity contribution in [2.45, 2.75) is 46.4 Å². The average Bonchev–Trinajstić information content (AvgIpc) is 3.05. The molecule has 0 saturated carbocycles. The maximum absolute atomic E-state index is 15.0. The first-order chi connectivity index (χ1) is 14.8. The standard InChI is InChI=1S/C20H21ClFN5O4/c1-4-26-17(10-28)25-27(20(26)30)18-15(22)8-13(19(24-18)31-11(2)3)16(29)7-12-9-23-6-5-14(12)21/h5-6,8-9,11,28H,4,7,10H2,1-3H3. The SMILES string of the molecule is CCn1c(CO)nn(-c2nc(OC(C)C)c(C(=O)Cc3cnccc3Cl)cc2F)c1=O. The van der Waals surface area contributed by atoms with Crippen molar-refractivity contribution in [3.05, 3.63) is 62.8 Å². The Morgan fingerprint density at radius 3 is 2.71 bits per heavy atom. The van der Waals surface area contributed by atoms with E-state index in [2.05, 4.69) is 15.1 Å². The number of carbonyl (C=O) groups excluding carboxylic acids is 1. The zero-order chi connectivity index (χ0) is 22.7. The number of aliphatic hydroxyl groups is 1. The van der Waals surface area contributed by atoms with Gasteiger partial charge in [0, 0.05) is 30.4 Å². The molecule has 0 aliphatic carbocycles. The summed E-state index contributed by atoms with van der Waals surface area (Å²) in [5.41, 5.74) is -0.297. The van der Waals surface area contributed by atoms with Crippen LogP contribution in [0.25, 0.3) is 5.82 Å². The molecule has 1 N–H and O–H groups in total. The van der Waals surface area contributed by atoms with Crippen LogP contribution in [0.1, 0.15) is 42.5 Å². The van der Waals surface area contributed by atoms with Crippen molar-refractivity contribution in [1.82, 2.24) is 24.3 Å². The maximum Gasteiger partial charge on any atom is 0.352 e. The molecule has 0 saturated heterocycles. The van der Waals surface area contributed by atoms with E-state index in [4.69, 9.17) is 16.3 Å². The summed E-state index contributed by atoms with van der Waals surface area (Å²) in [6.07, 6.45) is 2.43. The van der Waals surface area contributed by atoms with E-state index in [1.807, 2.05) is 0 Å². The van der Waals surface area contributed by atoms with Gasteiger partial charge in [-0.1, -0.05) is 11.6 Å². The third-order valence-corrected chi connectivity index (χ3v) is 4.73. The molecule has 0 amide bonds. The number of rotatable bonds is 8. The van der Waals surface area contributed by atoms with Gasteiger partial charge in [-0.05, 0) is 38.5 Å². The molecule has 0 fully saturated rings. The average molecular weight is 450 g/mol. The Bertz CT molecular complexity index is 1170. The van der Waals surface area contributed by atoms with Crippen LogP contribution in [0.5, 0.6) is 5.88 Å². The minimum atomic E-state index is -0.941. The Kier molecular flexibility index (Phi) is 6.81. The number of hydrogen-bond donors (Lipinski definition) is 1. The quantitative estimate of drug-likeness (QED) is 0.525. The van der Waals surface area contributed by atoms with Crippen LogP contribution in [0.15, 0.2) is 29.3 Å². The van der Waals surface area contributed by atoms with Gasteiger partial charge in [-0.25, -0.2) is 9.18 Å². The van der Waals surface area contributed by atoms with Gasteiger partial charge in [-0.3, -0.25) is 14.3 Å². The third-order valence-electron chi connectivity index (χ3n) is 4.36. The first-order valence-electron chi connectivity index (χ1n) is 9.55. The molecular formula is C20H21ClFN5O4. The van der Waals surface area contributed by atoms with Crippen molar-refractivity contribution in [3.63, 3.8) is 0 Å². The Morgan fingerprint density at radius 2 is 2.13 bits per heavy atom. The lowest BCUT2D eigenvalue weighted by Gasteiger charge is -2.14. The van der Waals surface area contributed by atoms with Crippen LogP contribution < -0.4 is 10.4 Å². The van der Waals surface area contributed by atoms with E-state index in [-0.39, 0.29) is 36.3 Å². The van der Waals surface area contributed by atoms with E-state index in [0.717, 1.165) is 10.7 Å². The number of nitrogens with zero attached hydrogens (tertiary/aromatic N) is 5. The fraction of sp³-hybridized carbons (Fsp3) is 0.350. The lowest BCUT2D eigenvalue weighted by molar-refractivity contribution is 0.0985. The van der Waals surface area contributed by atoms with E-state index in [9.17, 15) is 19.1 Å². The molecule has 31 heavy (non-hydrogen) atoms. The van der Waals surface area contributed by atoms with Crippen LogP contribution in [0, 0.1) is 5.82 Å².